The Labute approximate surface area is 269 Å². The van der Waals surface area contributed by atoms with Gasteiger partial charge in [-0.05, 0) is 67.6 Å². The maximum Gasteiger partial charge on any atom is 0.263 e. The average Bonchev–Trinajstić information content (AvgIpc) is 3.71. The monoisotopic (exact) mass is 637 g/mol. The van der Waals surface area contributed by atoms with E-state index in [9.17, 15) is 14.0 Å². The van der Waals surface area contributed by atoms with Crippen LogP contribution >= 0.6 is 23.4 Å². The van der Waals surface area contributed by atoms with Crippen molar-refractivity contribution in [3.8, 4) is 0 Å². The summed E-state index contributed by atoms with van der Waals surface area (Å²) in [6.45, 7) is 11.5. The number of halogens is 2. The number of amides is 2. The van der Waals surface area contributed by atoms with Gasteiger partial charge in [-0.25, -0.2) is 9.38 Å². The summed E-state index contributed by atoms with van der Waals surface area (Å²) in [6.07, 6.45) is 1.46. The van der Waals surface area contributed by atoms with E-state index >= 15 is 0 Å². The molecule has 0 aliphatic carbocycles. The molecule has 4 heterocycles. The number of hydrogen-bond donors (Lipinski definition) is 0. The zero-order valence-corrected chi connectivity index (χ0v) is 27.5. The van der Waals surface area contributed by atoms with Crippen molar-refractivity contribution in [1.82, 2.24) is 19.6 Å². The van der Waals surface area contributed by atoms with E-state index in [-0.39, 0.29) is 30.4 Å². The Balaban J connectivity index is 1.32. The molecule has 4 aliphatic rings. The number of thioether (sulfide) groups is 1. The Hall–Kier alpha value is -2.88. The van der Waals surface area contributed by atoms with Gasteiger partial charge in [-0.15, -0.1) is 0 Å². The molecular formula is C34H41ClFN5O2S. The molecule has 0 saturated carbocycles. The van der Waals surface area contributed by atoms with Gasteiger partial charge in [0, 0.05) is 50.0 Å². The number of hydrogen-bond acceptors (Lipinski definition) is 6. The first-order valence-corrected chi connectivity index (χ1v) is 16.8. The van der Waals surface area contributed by atoms with Gasteiger partial charge in [-0.2, -0.15) is 0 Å². The van der Waals surface area contributed by atoms with E-state index in [1.807, 2.05) is 34.1 Å². The summed E-state index contributed by atoms with van der Waals surface area (Å²) < 4.78 is 12.8. The van der Waals surface area contributed by atoms with E-state index in [0.29, 0.717) is 55.6 Å². The van der Waals surface area contributed by atoms with Crippen LogP contribution in [0.1, 0.15) is 56.3 Å². The van der Waals surface area contributed by atoms with Crippen molar-refractivity contribution in [2.45, 2.75) is 58.2 Å². The van der Waals surface area contributed by atoms with Crippen molar-refractivity contribution in [3.05, 3.63) is 80.8 Å². The summed E-state index contributed by atoms with van der Waals surface area (Å²) in [4.78, 5) is 42.1. The van der Waals surface area contributed by atoms with Crippen molar-refractivity contribution in [2.24, 2.45) is 10.9 Å². The number of nitrogens with zero attached hydrogens (tertiary/aromatic N) is 5. The number of benzene rings is 2. The molecule has 6 rings (SSSR count). The van der Waals surface area contributed by atoms with E-state index < -0.39 is 11.6 Å². The molecule has 0 N–H and O–H groups in total. The van der Waals surface area contributed by atoms with Gasteiger partial charge in [-0.3, -0.25) is 14.5 Å². The molecule has 2 aromatic carbocycles. The fourth-order valence-electron chi connectivity index (χ4n) is 7.09. The van der Waals surface area contributed by atoms with Gasteiger partial charge >= 0.3 is 0 Å². The highest BCUT2D eigenvalue weighted by Gasteiger charge is 2.54. The van der Waals surface area contributed by atoms with Crippen molar-refractivity contribution < 1.29 is 14.0 Å². The van der Waals surface area contributed by atoms with Crippen LogP contribution in [0.15, 0.2) is 64.1 Å². The summed E-state index contributed by atoms with van der Waals surface area (Å²) in [5, 5.41) is 1.49. The Bertz CT molecular complexity index is 1470. The van der Waals surface area contributed by atoms with Gasteiger partial charge in [-0.1, -0.05) is 67.4 Å². The third-order valence-electron chi connectivity index (χ3n) is 9.46. The minimum atomic E-state index is -0.604. The lowest BCUT2D eigenvalue weighted by Crippen LogP contribution is -2.54. The van der Waals surface area contributed by atoms with Crippen molar-refractivity contribution in [3.63, 3.8) is 0 Å². The third kappa shape index (κ3) is 5.56. The van der Waals surface area contributed by atoms with Gasteiger partial charge in [0.1, 0.15) is 23.2 Å². The second-order valence-corrected chi connectivity index (χ2v) is 14.1. The lowest BCUT2D eigenvalue weighted by atomic mass is 9.81. The lowest BCUT2D eigenvalue weighted by Gasteiger charge is -2.38. The Morgan fingerprint density at radius 1 is 1.05 bits per heavy atom. The number of amidine groups is 1. The molecule has 0 radical (unpaired) electrons. The van der Waals surface area contributed by atoms with E-state index in [2.05, 4.69) is 56.9 Å². The summed E-state index contributed by atoms with van der Waals surface area (Å²) in [7, 11) is 0. The maximum atomic E-state index is 14.4. The van der Waals surface area contributed by atoms with Crippen LogP contribution in [0, 0.1) is 12.8 Å². The van der Waals surface area contributed by atoms with Crippen molar-refractivity contribution in [1.29, 1.82) is 0 Å². The summed E-state index contributed by atoms with van der Waals surface area (Å²) in [6, 6.07) is 15.9. The number of aliphatic imine (C=N–C) groups is 1. The molecule has 2 saturated heterocycles. The highest BCUT2D eigenvalue weighted by atomic mass is 35.5. The number of piperazine rings is 1. The summed E-state index contributed by atoms with van der Waals surface area (Å²) in [5.74, 6) is -0.0234. The molecule has 2 aromatic rings. The predicted octanol–water partition coefficient (Wildman–Crippen LogP) is 6.00. The molecule has 0 aromatic heterocycles. The van der Waals surface area contributed by atoms with E-state index in [4.69, 9.17) is 16.6 Å². The van der Waals surface area contributed by atoms with Crippen molar-refractivity contribution in [2.75, 3.05) is 45.9 Å². The number of carbonyl (C=O) groups excluding carboxylic acids is 2. The molecule has 4 aliphatic heterocycles. The molecule has 0 spiro atoms. The minimum absolute atomic E-state index is 0.0103. The van der Waals surface area contributed by atoms with Gasteiger partial charge in [0.2, 0.25) is 5.91 Å². The number of alkyl halides is 1. The van der Waals surface area contributed by atoms with Crippen LogP contribution in [0.2, 0.25) is 5.02 Å². The quantitative estimate of drug-likeness (QED) is 0.373. The number of aryl methyl sites for hydroxylation is 1. The van der Waals surface area contributed by atoms with Crippen LogP contribution in [0.25, 0.3) is 0 Å². The molecule has 10 heteroatoms. The Kier molecular flexibility index (Phi) is 8.83. The van der Waals surface area contributed by atoms with Crippen LogP contribution < -0.4 is 0 Å². The molecular weight excluding hydrogens is 597 g/mol. The molecule has 234 valence electrons. The first kappa shape index (κ1) is 31.1. The van der Waals surface area contributed by atoms with Crippen LogP contribution in [0.5, 0.6) is 0 Å². The fraction of sp³-hybridized carbons (Fsp3) is 0.500. The number of likely N-dealkylation sites (tertiary alicyclic amines) is 1. The van der Waals surface area contributed by atoms with Crippen LogP contribution in [-0.4, -0.2) is 88.6 Å². The molecule has 44 heavy (non-hydrogen) atoms. The Morgan fingerprint density at radius 3 is 2.36 bits per heavy atom. The minimum Gasteiger partial charge on any atom is -0.338 e. The highest BCUT2D eigenvalue weighted by molar-refractivity contribution is 8.18. The normalized spacial score (nSPS) is 25.7. The molecule has 2 fully saturated rings. The highest BCUT2D eigenvalue weighted by Crippen LogP contribution is 2.56. The molecule has 0 bridgehead atoms. The topological polar surface area (TPSA) is 59.5 Å². The second-order valence-electron chi connectivity index (χ2n) is 12.7. The summed E-state index contributed by atoms with van der Waals surface area (Å²) >= 11 is 7.71. The van der Waals surface area contributed by atoms with Gasteiger partial charge in [0.25, 0.3) is 5.91 Å². The molecule has 0 unspecified atom stereocenters. The number of rotatable bonds is 7. The smallest absolute Gasteiger partial charge is 0.263 e. The maximum absolute atomic E-state index is 14.4. The first-order valence-electron chi connectivity index (χ1n) is 15.6. The SMILES string of the molecule is Cc1ccc([C@H]2N3C(=N[C@@]2(C)c2ccc(Cl)cc2)SC(C(=O)N2CCC[C@H]2C(=O)N2CCN(CCF)CC2)=C3C(C)C)cc1. The predicted molar refractivity (Wildman–Crippen MR) is 175 cm³/mol. The number of allylic oxidation sites excluding steroid dienone is 1. The fourth-order valence-corrected chi connectivity index (χ4v) is 8.58. The standard InChI is InChI=1S/C34H41ClFN5O2S/c1-22(2)28-29(32(43)40-16-5-6-27(40)31(42)39-20-18-38(17-15-36)19-21-39)44-33-37-34(4,25-11-13-26(35)14-12-25)30(41(28)33)24-9-7-23(3)8-10-24/h7-14,22,27,30H,5-6,15-21H2,1-4H3/t27-,30+,34-/m0/s1. The summed E-state index contributed by atoms with van der Waals surface area (Å²) in [5.41, 5.74) is 3.72. The molecule has 2 amide bonds. The van der Waals surface area contributed by atoms with Gasteiger partial charge < -0.3 is 14.7 Å². The van der Waals surface area contributed by atoms with Gasteiger partial charge in [0.15, 0.2) is 5.17 Å². The molecule has 7 nitrogen and oxygen atoms in total. The van der Waals surface area contributed by atoms with Crippen molar-refractivity contribution >= 4 is 40.3 Å². The average molecular weight is 638 g/mol. The lowest BCUT2D eigenvalue weighted by molar-refractivity contribution is -0.143. The Morgan fingerprint density at radius 2 is 1.73 bits per heavy atom. The zero-order valence-electron chi connectivity index (χ0n) is 25.9. The number of carbonyl (C=O) groups is 2. The largest absolute Gasteiger partial charge is 0.338 e. The van der Waals surface area contributed by atoms with Crippen LogP contribution in [0.4, 0.5) is 4.39 Å². The second kappa shape index (κ2) is 12.5. The van der Waals surface area contributed by atoms with Gasteiger partial charge in [0.05, 0.1) is 6.04 Å². The van der Waals surface area contributed by atoms with Crippen LogP contribution in [0.3, 0.4) is 0 Å². The van der Waals surface area contributed by atoms with Crippen LogP contribution in [-0.2, 0) is 15.1 Å². The van der Waals surface area contributed by atoms with E-state index in [1.54, 1.807) is 4.90 Å². The number of fused-ring (bicyclic) bond motifs is 1. The first-order chi connectivity index (χ1) is 21.1. The third-order valence-corrected chi connectivity index (χ3v) is 10.8. The molecule has 3 atom stereocenters. The van der Waals surface area contributed by atoms with E-state index in [1.165, 1.54) is 17.3 Å². The zero-order chi connectivity index (χ0) is 31.2. The van der Waals surface area contributed by atoms with E-state index in [0.717, 1.165) is 28.4 Å².